The minimum absolute atomic E-state index is 0.0713. The summed E-state index contributed by atoms with van der Waals surface area (Å²) in [7, 11) is 0. The number of hydrogen-bond donors (Lipinski definition) is 2. The van der Waals surface area contributed by atoms with Gasteiger partial charge in [-0.15, -0.1) is 0 Å². The smallest absolute Gasteiger partial charge is 0.0791 e. The Labute approximate surface area is 111 Å². The monoisotopic (exact) mass is 256 g/mol. The third kappa shape index (κ3) is 3.92. The van der Waals surface area contributed by atoms with E-state index in [9.17, 15) is 5.11 Å². The van der Waals surface area contributed by atoms with Crippen LogP contribution in [0.2, 0.25) is 0 Å². The number of β-amino-alcohol motifs (C(OH)–C–C–N with tert-alkyl or cyclic N) is 1. The molecule has 2 fully saturated rings. The van der Waals surface area contributed by atoms with Crippen molar-refractivity contribution < 1.29 is 9.84 Å². The number of morpholine rings is 1. The fraction of sp³-hybridized carbons (Fsp3) is 1.00. The third-order valence-electron chi connectivity index (χ3n) is 3.91. The molecule has 18 heavy (non-hydrogen) atoms. The van der Waals surface area contributed by atoms with E-state index in [4.69, 9.17) is 4.74 Å². The Bertz CT molecular complexity index is 265. The van der Waals surface area contributed by atoms with E-state index in [-0.39, 0.29) is 11.6 Å². The van der Waals surface area contributed by atoms with Crippen LogP contribution in [0.3, 0.4) is 0 Å². The van der Waals surface area contributed by atoms with Crippen LogP contribution in [0.4, 0.5) is 0 Å². The lowest BCUT2D eigenvalue weighted by molar-refractivity contribution is -0.0672. The second-order valence-corrected chi connectivity index (χ2v) is 6.69. The van der Waals surface area contributed by atoms with E-state index < -0.39 is 0 Å². The second kappa shape index (κ2) is 5.87. The summed E-state index contributed by atoms with van der Waals surface area (Å²) in [4.78, 5) is 2.43. The van der Waals surface area contributed by atoms with Crippen LogP contribution in [0, 0.1) is 0 Å². The molecule has 1 aliphatic heterocycles. The molecular formula is C14H28N2O2. The van der Waals surface area contributed by atoms with Gasteiger partial charge in [-0.3, -0.25) is 4.90 Å². The van der Waals surface area contributed by atoms with Gasteiger partial charge < -0.3 is 15.2 Å². The lowest BCUT2D eigenvalue weighted by Gasteiger charge is -2.39. The average Bonchev–Trinajstić information content (AvgIpc) is 2.74. The Kier molecular flexibility index (Phi) is 4.64. The molecule has 4 heteroatoms. The fourth-order valence-corrected chi connectivity index (χ4v) is 2.99. The third-order valence-corrected chi connectivity index (χ3v) is 3.91. The number of ether oxygens (including phenoxy) is 1. The summed E-state index contributed by atoms with van der Waals surface area (Å²) < 4.78 is 5.79. The summed E-state index contributed by atoms with van der Waals surface area (Å²) in [6, 6.07) is 0.544. The van der Waals surface area contributed by atoms with Crippen LogP contribution in [-0.4, -0.2) is 60.0 Å². The van der Waals surface area contributed by atoms with Crippen molar-refractivity contribution in [2.75, 3.05) is 26.2 Å². The zero-order chi connectivity index (χ0) is 13.2. The molecule has 0 amide bonds. The summed E-state index contributed by atoms with van der Waals surface area (Å²) in [5.74, 6) is 0. The van der Waals surface area contributed by atoms with Crippen molar-refractivity contribution in [1.29, 1.82) is 0 Å². The van der Waals surface area contributed by atoms with Crippen molar-refractivity contribution in [1.82, 2.24) is 10.2 Å². The first-order chi connectivity index (χ1) is 8.46. The van der Waals surface area contributed by atoms with Gasteiger partial charge in [0.25, 0.3) is 0 Å². The van der Waals surface area contributed by atoms with Gasteiger partial charge in [-0.2, -0.15) is 0 Å². The highest BCUT2D eigenvalue weighted by Crippen LogP contribution is 2.29. The van der Waals surface area contributed by atoms with Crippen molar-refractivity contribution in [2.24, 2.45) is 0 Å². The molecule has 1 saturated carbocycles. The normalized spacial score (nSPS) is 31.3. The molecule has 1 aliphatic carbocycles. The molecule has 0 radical (unpaired) electrons. The van der Waals surface area contributed by atoms with Gasteiger partial charge in [0.15, 0.2) is 0 Å². The Balaban J connectivity index is 1.77. The van der Waals surface area contributed by atoms with E-state index >= 15 is 0 Å². The van der Waals surface area contributed by atoms with Crippen molar-refractivity contribution in [3.05, 3.63) is 0 Å². The molecule has 0 spiro atoms. The Morgan fingerprint density at radius 1 is 1.39 bits per heavy atom. The van der Waals surface area contributed by atoms with Crippen LogP contribution >= 0.6 is 0 Å². The van der Waals surface area contributed by atoms with Gasteiger partial charge in [0, 0.05) is 31.2 Å². The maximum absolute atomic E-state index is 10.1. The zero-order valence-corrected chi connectivity index (χ0v) is 12.0. The van der Waals surface area contributed by atoms with E-state index in [0.717, 1.165) is 19.7 Å². The summed E-state index contributed by atoms with van der Waals surface area (Å²) in [6.07, 6.45) is 3.81. The van der Waals surface area contributed by atoms with Gasteiger partial charge in [-0.1, -0.05) is 0 Å². The van der Waals surface area contributed by atoms with E-state index in [1.165, 1.54) is 19.3 Å². The molecule has 1 saturated heterocycles. The van der Waals surface area contributed by atoms with Crippen LogP contribution in [0.15, 0.2) is 0 Å². The molecule has 0 aromatic rings. The van der Waals surface area contributed by atoms with Crippen LogP contribution in [0.5, 0.6) is 0 Å². The highest BCUT2D eigenvalue weighted by atomic mass is 16.5. The molecule has 2 rings (SSSR count). The van der Waals surface area contributed by atoms with Gasteiger partial charge in [-0.05, 0) is 40.0 Å². The van der Waals surface area contributed by atoms with Crippen LogP contribution in [0.25, 0.3) is 0 Å². The van der Waals surface area contributed by atoms with Crippen molar-refractivity contribution in [3.8, 4) is 0 Å². The minimum Gasteiger partial charge on any atom is -0.390 e. The molecule has 2 aliphatic rings. The second-order valence-electron chi connectivity index (χ2n) is 6.69. The predicted molar refractivity (Wildman–Crippen MR) is 72.7 cm³/mol. The van der Waals surface area contributed by atoms with Gasteiger partial charge >= 0.3 is 0 Å². The number of nitrogens with zero attached hydrogens (tertiary/aromatic N) is 1. The number of nitrogens with one attached hydrogen (secondary N) is 1. The Morgan fingerprint density at radius 2 is 2.17 bits per heavy atom. The highest BCUT2D eigenvalue weighted by Gasteiger charge is 2.36. The van der Waals surface area contributed by atoms with E-state index in [1.54, 1.807) is 0 Å². The maximum atomic E-state index is 10.1. The first-order valence-electron chi connectivity index (χ1n) is 7.24. The molecule has 3 unspecified atom stereocenters. The largest absolute Gasteiger partial charge is 0.390 e. The van der Waals surface area contributed by atoms with Crippen molar-refractivity contribution in [2.45, 2.75) is 63.8 Å². The van der Waals surface area contributed by atoms with Crippen molar-refractivity contribution >= 4 is 0 Å². The summed E-state index contributed by atoms with van der Waals surface area (Å²) in [5.41, 5.74) is 0.0713. The summed E-state index contributed by atoms with van der Waals surface area (Å²) in [6.45, 7) is 9.60. The number of rotatable bonds is 4. The topological polar surface area (TPSA) is 44.7 Å². The number of hydrogen-bond acceptors (Lipinski definition) is 4. The van der Waals surface area contributed by atoms with E-state index in [1.807, 2.05) is 0 Å². The molecule has 2 N–H and O–H groups in total. The molecule has 1 heterocycles. The molecule has 3 atom stereocenters. The summed E-state index contributed by atoms with van der Waals surface area (Å²) >= 11 is 0. The standard InChI is InChI=1S/C14H28N2O2/c1-14(2,3)15-9-11(17)10-16-7-8-18-13-6-4-5-12(13)16/h11-13,15,17H,4-10H2,1-3H3. The molecular weight excluding hydrogens is 228 g/mol. The average molecular weight is 256 g/mol. The van der Waals surface area contributed by atoms with Gasteiger partial charge in [0.1, 0.15) is 0 Å². The van der Waals surface area contributed by atoms with E-state index in [0.29, 0.717) is 18.7 Å². The first kappa shape index (κ1) is 14.3. The quantitative estimate of drug-likeness (QED) is 0.787. The number of fused-ring (bicyclic) bond motifs is 1. The predicted octanol–water partition coefficient (Wildman–Crippen LogP) is 0.989. The van der Waals surface area contributed by atoms with E-state index in [2.05, 4.69) is 31.0 Å². The van der Waals surface area contributed by atoms with Gasteiger partial charge in [0.05, 0.1) is 18.8 Å². The molecule has 106 valence electrons. The lowest BCUT2D eigenvalue weighted by atomic mass is 10.1. The van der Waals surface area contributed by atoms with Gasteiger partial charge in [0.2, 0.25) is 0 Å². The van der Waals surface area contributed by atoms with Crippen molar-refractivity contribution in [3.63, 3.8) is 0 Å². The van der Waals surface area contributed by atoms with Crippen LogP contribution < -0.4 is 5.32 Å². The Hall–Kier alpha value is -0.160. The molecule has 4 nitrogen and oxygen atoms in total. The number of aliphatic hydroxyl groups is 1. The SMILES string of the molecule is CC(C)(C)NCC(O)CN1CCOC2CCCC21. The Morgan fingerprint density at radius 3 is 2.89 bits per heavy atom. The molecule has 0 aromatic heterocycles. The first-order valence-corrected chi connectivity index (χ1v) is 7.24. The molecule has 0 aromatic carbocycles. The molecule has 0 bridgehead atoms. The van der Waals surface area contributed by atoms with Gasteiger partial charge in [-0.25, -0.2) is 0 Å². The fourth-order valence-electron chi connectivity index (χ4n) is 2.99. The highest BCUT2D eigenvalue weighted by molar-refractivity contribution is 4.90. The zero-order valence-electron chi connectivity index (χ0n) is 12.0. The minimum atomic E-state index is -0.288. The van der Waals surface area contributed by atoms with Crippen LogP contribution in [-0.2, 0) is 4.74 Å². The number of aliphatic hydroxyl groups excluding tert-OH is 1. The maximum Gasteiger partial charge on any atom is 0.0791 e. The lowest BCUT2D eigenvalue weighted by Crippen LogP contribution is -2.53. The summed E-state index contributed by atoms with van der Waals surface area (Å²) in [5, 5.41) is 13.5. The van der Waals surface area contributed by atoms with Crippen LogP contribution in [0.1, 0.15) is 40.0 Å².